The lowest BCUT2D eigenvalue weighted by molar-refractivity contribution is -0.870. The Hall–Kier alpha value is -2.84. The molecule has 0 rings (SSSR count). The number of nitrogens with zero attached hydrogens (tertiary/aromatic N) is 1. The first-order valence-corrected chi connectivity index (χ1v) is 35.7. The van der Waals surface area contributed by atoms with Crippen molar-refractivity contribution in [3.05, 3.63) is 109 Å². The predicted molar refractivity (Wildman–Crippen MR) is 359 cm³/mol. The number of rotatable bonds is 62. The van der Waals surface area contributed by atoms with E-state index in [1.807, 2.05) is 21.1 Å². The molecule has 0 saturated carbocycles. The van der Waals surface area contributed by atoms with Gasteiger partial charge in [-0.05, 0) is 83.5 Å². The van der Waals surface area contributed by atoms with Gasteiger partial charge in [0, 0.05) is 6.42 Å². The average molecular weight is 1160 g/mol. The number of quaternary nitrogens is 1. The zero-order chi connectivity index (χ0) is 59.8. The summed E-state index contributed by atoms with van der Waals surface area (Å²) in [5.74, 6) is -0.156. The van der Waals surface area contributed by atoms with Crippen LogP contribution in [0.4, 0.5) is 0 Å². The Balaban J connectivity index is 4.14. The number of unbranched alkanes of at least 4 members (excludes halogenated alkanes) is 31. The molecule has 0 fully saturated rings. The second-order valence-electron chi connectivity index (χ2n) is 24.2. The molecule has 0 radical (unpaired) electrons. The van der Waals surface area contributed by atoms with E-state index in [1.54, 1.807) is 0 Å². The van der Waals surface area contributed by atoms with Crippen LogP contribution in [0.3, 0.4) is 0 Å². The molecule has 9 heteroatoms. The highest BCUT2D eigenvalue weighted by atomic mass is 31.2. The number of hydrogen-bond donors (Lipinski definition) is 3. The van der Waals surface area contributed by atoms with Crippen molar-refractivity contribution in [1.82, 2.24) is 5.32 Å². The summed E-state index contributed by atoms with van der Waals surface area (Å²) < 4.78 is 23.9. The number of likely N-dealkylation sites (N-methyl/N-ethyl adjacent to an activating group) is 1. The second-order valence-corrected chi connectivity index (χ2v) is 25.6. The maximum atomic E-state index is 13.1. The molecule has 0 aliphatic heterocycles. The lowest BCUT2D eigenvalue weighted by Gasteiger charge is -2.26. The van der Waals surface area contributed by atoms with E-state index in [0.717, 1.165) is 109 Å². The zero-order valence-corrected chi connectivity index (χ0v) is 55.1. The second kappa shape index (κ2) is 62.7. The van der Waals surface area contributed by atoms with Crippen molar-refractivity contribution in [3.63, 3.8) is 0 Å². The summed E-state index contributed by atoms with van der Waals surface area (Å²) in [7, 11) is 1.60. The molecule has 3 N–H and O–H groups in total. The highest BCUT2D eigenvalue weighted by Gasteiger charge is 2.28. The van der Waals surface area contributed by atoms with Gasteiger partial charge in [0.15, 0.2) is 0 Å². The number of carbonyl (C=O) groups is 1. The normalized spacial score (nSPS) is 14.4. The molecule has 0 aromatic heterocycles. The molecule has 474 valence electrons. The van der Waals surface area contributed by atoms with Crippen molar-refractivity contribution in [2.45, 2.75) is 309 Å². The summed E-state index contributed by atoms with van der Waals surface area (Å²) in [4.78, 5) is 23.4. The SMILES string of the molecule is CC/C=C\C/C=C\C/C=C\C/C=C\C/C=C\C/C=C\C/C=C\C/C=C\C/C=C\CCCCCCCCCC(=O)NC(COP(=O)(O)OCC[N+](C)(C)C)C(O)CCCCCCCCCCCCCCCCCCCCCCCCCCC. The van der Waals surface area contributed by atoms with Gasteiger partial charge >= 0.3 is 7.82 Å². The Morgan fingerprint density at radius 2 is 0.732 bits per heavy atom. The van der Waals surface area contributed by atoms with Gasteiger partial charge in [-0.15, -0.1) is 0 Å². The number of allylic oxidation sites excluding steroid dienone is 18. The van der Waals surface area contributed by atoms with Crippen LogP contribution < -0.4 is 5.32 Å². The summed E-state index contributed by atoms with van der Waals surface area (Å²) in [6, 6.07) is -0.776. The van der Waals surface area contributed by atoms with Gasteiger partial charge < -0.3 is 19.8 Å². The molecule has 0 aliphatic carbocycles. The fraction of sp³-hybridized carbons (Fsp3) is 0.740. The lowest BCUT2D eigenvalue weighted by Crippen LogP contribution is -2.46. The van der Waals surface area contributed by atoms with Crippen LogP contribution in [-0.4, -0.2) is 73.4 Å². The van der Waals surface area contributed by atoms with E-state index in [4.69, 9.17) is 9.05 Å². The minimum Gasteiger partial charge on any atom is -0.391 e. The Morgan fingerprint density at radius 3 is 1.07 bits per heavy atom. The Kier molecular flexibility index (Phi) is 60.5. The molecule has 82 heavy (non-hydrogen) atoms. The monoisotopic (exact) mass is 1160 g/mol. The van der Waals surface area contributed by atoms with Crippen LogP contribution in [0.2, 0.25) is 0 Å². The molecule has 8 nitrogen and oxygen atoms in total. The lowest BCUT2D eigenvalue weighted by atomic mass is 10.0. The number of nitrogens with one attached hydrogen (secondary N) is 1. The maximum absolute atomic E-state index is 13.1. The van der Waals surface area contributed by atoms with Gasteiger partial charge in [-0.25, -0.2) is 4.57 Å². The van der Waals surface area contributed by atoms with Crippen molar-refractivity contribution in [2.24, 2.45) is 0 Å². The highest BCUT2D eigenvalue weighted by molar-refractivity contribution is 7.47. The van der Waals surface area contributed by atoms with Crippen molar-refractivity contribution < 1.29 is 32.9 Å². The van der Waals surface area contributed by atoms with Gasteiger partial charge in [0.1, 0.15) is 13.2 Å². The van der Waals surface area contributed by atoms with Gasteiger partial charge in [-0.3, -0.25) is 13.8 Å². The van der Waals surface area contributed by atoms with Crippen molar-refractivity contribution in [2.75, 3.05) is 40.9 Å². The smallest absolute Gasteiger partial charge is 0.391 e. The molecular weight excluding hydrogens is 1030 g/mol. The van der Waals surface area contributed by atoms with E-state index in [1.165, 1.54) is 161 Å². The number of phosphoric ester groups is 1. The van der Waals surface area contributed by atoms with Crippen LogP contribution in [-0.2, 0) is 18.4 Å². The van der Waals surface area contributed by atoms with Crippen LogP contribution in [0, 0.1) is 0 Å². The van der Waals surface area contributed by atoms with E-state index in [0.29, 0.717) is 23.9 Å². The quantitative estimate of drug-likeness (QED) is 0.0243. The number of hydrogen-bond acceptors (Lipinski definition) is 5. The number of phosphoric acid groups is 1. The maximum Gasteiger partial charge on any atom is 0.472 e. The largest absolute Gasteiger partial charge is 0.472 e. The van der Waals surface area contributed by atoms with Crippen molar-refractivity contribution in [1.29, 1.82) is 0 Å². The van der Waals surface area contributed by atoms with Crippen LogP contribution in [0.1, 0.15) is 296 Å². The number of aliphatic hydroxyl groups is 1. The first kappa shape index (κ1) is 79.2. The molecule has 0 aromatic carbocycles. The van der Waals surface area contributed by atoms with Crippen LogP contribution in [0.15, 0.2) is 109 Å². The van der Waals surface area contributed by atoms with Crippen molar-refractivity contribution >= 4 is 13.7 Å². The third-order valence-electron chi connectivity index (χ3n) is 15.0. The molecule has 3 atom stereocenters. The fourth-order valence-electron chi connectivity index (χ4n) is 9.75. The third kappa shape index (κ3) is 64.7. The molecule has 0 saturated heterocycles. The summed E-state index contributed by atoms with van der Waals surface area (Å²) in [5, 5.41) is 14.1. The van der Waals surface area contributed by atoms with Crippen LogP contribution >= 0.6 is 7.82 Å². The predicted octanol–water partition coefficient (Wildman–Crippen LogP) is 21.9. The Labute approximate surface area is 508 Å². The number of amides is 1. The van der Waals surface area contributed by atoms with Gasteiger partial charge in [-0.2, -0.15) is 0 Å². The molecule has 3 unspecified atom stereocenters. The first-order valence-electron chi connectivity index (χ1n) is 34.3. The molecule has 0 aromatic rings. The first-order chi connectivity index (χ1) is 40.0. The molecule has 0 aliphatic rings. The Morgan fingerprint density at radius 1 is 0.427 bits per heavy atom. The summed E-state index contributed by atoms with van der Waals surface area (Å²) in [5.41, 5.74) is 0. The fourth-order valence-corrected chi connectivity index (χ4v) is 10.5. The zero-order valence-electron chi connectivity index (χ0n) is 54.2. The van der Waals surface area contributed by atoms with Gasteiger partial charge in [0.25, 0.3) is 0 Å². The van der Waals surface area contributed by atoms with Crippen LogP contribution in [0.25, 0.3) is 0 Å². The minimum atomic E-state index is -4.34. The van der Waals surface area contributed by atoms with Gasteiger partial charge in [0.2, 0.25) is 5.91 Å². The van der Waals surface area contributed by atoms with Gasteiger partial charge in [0.05, 0.1) is 39.9 Å². The molecule has 0 heterocycles. The van der Waals surface area contributed by atoms with E-state index in [2.05, 4.69) is 129 Å². The van der Waals surface area contributed by atoms with Crippen LogP contribution in [0.5, 0.6) is 0 Å². The summed E-state index contributed by atoms with van der Waals surface area (Å²) >= 11 is 0. The number of aliphatic hydroxyl groups excluding tert-OH is 1. The topological polar surface area (TPSA) is 105 Å². The van der Waals surface area contributed by atoms with E-state index in [-0.39, 0.29) is 19.1 Å². The third-order valence-corrected chi connectivity index (χ3v) is 16.0. The molecular formula is C73H132N2O6P+. The van der Waals surface area contributed by atoms with E-state index >= 15 is 0 Å². The summed E-state index contributed by atoms with van der Waals surface area (Å²) in [6.45, 7) is 4.79. The summed E-state index contributed by atoms with van der Waals surface area (Å²) in [6.07, 6.45) is 91.7. The Bertz CT molecular complexity index is 1700. The molecule has 0 bridgehead atoms. The number of carbonyl (C=O) groups excluding carboxylic acids is 1. The van der Waals surface area contributed by atoms with Gasteiger partial charge in [-0.1, -0.05) is 316 Å². The van der Waals surface area contributed by atoms with Crippen molar-refractivity contribution in [3.8, 4) is 0 Å². The standard InChI is InChI=1S/C73H131N2O6P/c1-6-8-10-12-14-16-18-20-22-24-26-28-30-32-33-34-35-36-37-38-39-40-41-43-45-47-49-51-53-55-57-59-61-63-65-67-73(77)74-71(70-81-82(78,79)80-69-68-75(3,4)5)72(76)66-64-62-60-58-56-54-52-50-48-46-44-42-31-29-27-25-23-21-19-17-15-13-11-9-7-2/h8,10,14,16,20,22,26,28,32-33,35-36,38-39,41,43,47,49,71-72,76H,6-7,9,11-13,15,17-19,21,23-25,27,29-31,34,37,40,42,44-46,48,50-70H2,1-5H3,(H-,74,77,78,79)/p+1/b10-8-,16-14-,22-20-,28-26-,33-32-,36-35-,39-38-,43-41-,49-47-. The van der Waals surface area contributed by atoms with E-state index in [9.17, 15) is 19.4 Å². The highest BCUT2D eigenvalue weighted by Crippen LogP contribution is 2.43. The molecule has 1 amide bonds. The average Bonchev–Trinajstić information content (AvgIpc) is 3.45. The minimum absolute atomic E-state index is 0.0675. The molecule has 0 spiro atoms. The van der Waals surface area contributed by atoms with E-state index < -0.39 is 20.0 Å².